The third-order valence-corrected chi connectivity index (χ3v) is 2.45. The number of hydrogen-bond acceptors (Lipinski definition) is 1. The molecule has 1 unspecified atom stereocenters. The summed E-state index contributed by atoms with van der Waals surface area (Å²) in [6, 6.07) is 8.51. The Balaban J connectivity index is 2.73. The summed E-state index contributed by atoms with van der Waals surface area (Å²) in [6.45, 7) is 2.19. The van der Waals surface area contributed by atoms with E-state index >= 15 is 0 Å². The van der Waals surface area contributed by atoms with Gasteiger partial charge in [0.2, 0.25) is 0 Å². The van der Waals surface area contributed by atoms with Gasteiger partial charge in [0.25, 0.3) is 0 Å². The van der Waals surface area contributed by atoms with Crippen LogP contribution in [0.3, 0.4) is 0 Å². The van der Waals surface area contributed by atoms with E-state index < -0.39 is 0 Å². The van der Waals surface area contributed by atoms with Crippen molar-refractivity contribution in [1.29, 1.82) is 0 Å². The molecule has 0 aromatic heterocycles. The van der Waals surface area contributed by atoms with E-state index in [9.17, 15) is 0 Å². The molecule has 0 bridgehead atoms. The Morgan fingerprint density at radius 2 is 1.92 bits per heavy atom. The van der Waals surface area contributed by atoms with Crippen LogP contribution in [0.5, 0.6) is 0 Å². The average molecular weight is 198 g/mol. The normalized spacial score (nSPS) is 12.8. The SMILES string of the molecule is CCCC(NC)c1ccc(Cl)cc1. The molecule has 0 aliphatic heterocycles. The topological polar surface area (TPSA) is 12.0 Å². The lowest BCUT2D eigenvalue weighted by Gasteiger charge is -2.15. The summed E-state index contributed by atoms with van der Waals surface area (Å²) >= 11 is 5.82. The second-order valence-corrected chi connectivity index (χ2v) is 3.62. The molecule has 0 radical (unpaired) electrons. The third kappa shape index (κ3) is 3.02. The molecule has 1 rings (SSSR count). The summed E-state index contributed by atoms with van der Waals surface area (Å²) in [6.07, 6.45) is 2.35. The van der Waals surface area contributed by atoms with Crippen LogP contribution in [0, 0.1) is 0 Å². The van der Waals surface area contributed by atoms with E-state index in [0.717, 1.165) is 11.4 Å². The van der Waals surface area contributed by atoms with Gasteiger partial charge < -0.3 is 5.32 Å². The van der Waals surface area contributed by atoms with Gasteiger partial charge in [0.1, 0.15) is 0 Å². The first-order valence-electron chi connectivity index (χ1n) is 4.70. The zero-order valence-electron chi connectivity index (χ0n) is 8.18. The van der Waals surface area contributed by atoms with Crippen LogP contribution in [0.4, 0.5) is 0 Å². The van der Waals surface area contributed by atoms with Gasteiger partial charge in [0, 0.05) is 11.1 Å². The van der Waals surface area contributed by atoms with Gasteiger partial charge >= 0.3 is 0 Å². The van der Waals surface area contributed by atoms with Crippen molar-refractivity contribution in [3.8, 4) is 0 Å². The molecule has 0 spiro atoms. The van der Waals surface area contributed by atoms with Gasteiger partial charge in [-0.3, -0.25) is 0 Å². The molecular weight excluding hydrogens is 182 g/mol. The van der Waals surface area contributed by atoms with Crippen LogP contribution in [0.2, 0.25) is 5.02 Å². The van der Waals surface area contributed by atoms with Crippen molar-refractivity contribution >= 4 is 11.6 Å². The van der Waals surface area contributed by atoms with Crippen molar-refractivity contribution in [2.75, 3.05) is 7.05 Å². The van der Waals surface area contributed by atoms with E-state index in [1.54, 1.807) is 0 Å². The first kappa shape index (κ1) is 10.6. The summed E-state index contributed by atoms with van der Waals surface area (Å²) in [5, 5.41) is 4.10. The summed E-state index contributed by atoms with van der Waals surface area (Å²) in [5.74, 6) is 0. The van der Waals surface area contributed by atoms with Crippen LogP contribution in [-0.4, -0.2) is 7.05 Å². The fourth-order valence-electron chi connectivity index (χ4n) is 1.46. The molecule has 1 nitrogen and oxygen atoms in total. The van der Waals surface area contributed by atoms with Crippen molar-refractivity contribution in [1.82, 2.24) is 5.32 Å². The largest absolute Gasteiger partial charge is 0.313 e. The summed E-state index contributed by atoms with van der Waals surface area (Å²) < 4.78 is 0. The van der Waals surface area contributed by atoms with E-state index in [4.69, 9.17) is 11.6 Å². The number of nitrogens with one attached hydrogen (secondary N) is 1. The van der Waals surface area contributed by atoms with Gasteiger partial charge in [-0.25, -0.2) is 0 Å². The molecule has 0 saturated heterocycles. The van der Waals surface area contributed by atoms with E-state index in [2.05, 4.69) is 24.4 Å². The molecule has 1 aromatic carbocycles. The highest BCUT2D eigenvalue weighted by atomic mass is 35.5. The van der Waals surface area contributed by atoms with Crippen molar-refractivity contribution in [3.05, 3.63) is 34.9 Å². The van der Waals surface area contributed by atoms with Gasteiger partial charge in [-0.05, 0) is 31.2 Å². The van der Waals surface area contributed by atoms with Gasteiger partial charge in [-0.2, -0.15) is 0 Å². The first-order chi connectivity index (χ1) is 6.27. The van der Waals surface area contributed by atoms with Crippen LogP contribution in [0.25, 0.3) is 0 Å². The number of rotatable bonds is 4. The lowest BCUT2D eigenvalue weighted by molar-refractivity contribution is 0.541. The van der Waals surface area contributed by atoms with Crippen molar-refractivity contribution < 1.29 is 0 Å². The predicted octanol–water partition coefficient (Wildman–Crippen LogP) is 3.40. The lowest BCUT2D eigenvalue weighted by Crippen LogP contribution is -2.15. The average Bonchev–Trinajstić information content (AvgIpc) is 2.16. The minimum Gasteiger partial charge on any atom is -0.313 e. The minimum absolute atomic E-state index is 0.460. The van der Waals surface area contributed by atoms with Gasteiger partial charge in [-0.1, -0.05) is 37.1 Å². The summed E-state index contributed by atoms with van der Waals surface area (Å²) in [7, 11) is 1.99. The lowest BCUT2D eigenvalue weighted by atomic mass is 10.0. The highest BCUT2D eigenvalue weighted by Gasteiger charge is 2.06. The Labute approximate surface area is 85.1 Å². The number of halogens is 1. The molecular formula is C11H16ClN. The van der Waals surface area contributed by atoms with Crippen molar-refractivity contribution in [2.45, 2.75) is 25.8 Å². The molecule has 0 aliphatic rings. The molecule has 1 atom stereocenters. The smallest absolute Gasteiger partial charge is 0.0406 e. The molecule has 0 aliphatic carbocycles. The maximum Gasteiger partial charge on any atom is 0.0406 e. The third-order valence-electron chi connectivity index (χ3n) is 2.20. The molecule has 13 heavy (non-hydrogen) atoms. The predicted molar refractivity (Wildman–Crippen MR) is 58.2 cm³/mol. The number of hydrogen-bond donors (Lipinski definition) is 1. The fraction of sp³-hybridized carbons (Fsp3) is 0.455. The fourth-order valence-corrected chi connectivity index (χ4v) is 1.59. The van der Waals surface area contributed by atoms with Crippen LogP contribution in [-0.2, 0) is 0 Å². The minimum atomic E-state index is 0.460. The molecule has 0 fully saturated rings. The Morgan fingerprint density at radius 1 is 1.31 bits per heavy atom. The highest BCUT2D eigenvalue weighted by Crippen LogP contribution is 2.19. The summed E-state index contributed by atoms with van der Waals surface area (Å²) in [5.41, 5.74) is 1.31. The molecule has 0 saturated carbocycles. The number of benzene rings is 1. The Kier molecular flexibility index (Phi) is 4.26. The zero-order chi connectivity index (χ0) is 9.68. The zero-order valence-corrected chi connectivity index (χ0v) is 8.93. The Bertz CT molecular complexity index is 243. The summed E-state index contributed by atoms with van der Waals surface area (Å²) in [4.78, 5) is 0. The maximum atomic E-state index is 5.82. The maximum absolute atomic E-state index is 5.82. The Hall–Kier alpha value is -0.530. The highest BCUT2D eigenvalue weighted by molar-refractivity contribution is 6.30. The molecule has 1 N–H and O–H groups in total. The van der Waals surface area contributed by atoms with Crippen LogP contribution in [0.15, 0.2) is 24.3 Å². The monoisotopic (exact) mass is 197 g/mol. The Morgan fingerprint density at radius 3 is 2.38 bits per heavy atom. The molecule has 72 valence electrons. The van der Waals surface area contributed by atoms with Gasteiger partial charge in [0.05, 0.1) is 0 Å². The van der Waals surface area contributed by atoms with Crippen molar-refractivity contribution in [2.24, 2.45) is 0 Å². The van der Waals surface area contributed by atoms with E-state index in [1.165, 1.54) is 12.0 Å². The van der Waals surface area contributed by atoms with Crippen LogP contribution in [0.1, 0.15) is 31.4 Å². The molecule has 2 heteroatoms. The van der Waals surface area contributed by atoms with Crippen LogP contribution < -0.4 is 5.32 Å². The van der Waals surface area contributed by atoms with Crippen molar-refractivity contribution in [3.63, 3.8) is 0 Å². The van der Waals surface area contributed by atoms with Gasteiger partial charge in [-0.15, -0.1) is 0 Å². The van der Waals surface area contributed by atoms with E-state index in [-0.39, 0.29) is 0 Å². The second kappa shape index (κ2) is 5.25. The standard InChI is InChI=1S/C11H16ClN/c1-3-4-11(13-2)9-5-7-10(12)8-6-9/h5-8,11,13H,3-4H2,1-2H3. The second-order valence-electron chi connectivity index (χ2n) is 3.18. The molecule has 0 heterocycles. The first-order valence-corrected chi connectivity index (χ1v) is 5.08. The quantitative estimate of drug-likeness (QED) is 0.780. The van der Waals surface area contributed by atoms with Gasteiger partial charge in [0.15, 0.2) is 0 Å². The van der Waals surface area contributed by atoms with E-state index in [0.29, 0.717) is 6.04 Å². The molecule has 1 aromatic rings. The van der Waals surface area contributed by atoms with E-state index in [1.807, 2.05) is 19.2 Å². The van der Waals surface area contributed by atoms with Crippen LogP contribution >= 0.6 is 11.6 Å². The molecule has 0 amide bonds.